The maximum atomic E-state index is 13.0. The first-order valence-electron chi connectivity index (χ1n) is 8.81. The van der Waals surface area contributed by atoms with Gasteiger partial charge < -0.3 is 10.2 Å². The molecule has 6 nitrogen and oxygen atoms in total. The van der Waals surface area contributed by atoms with Gasteiger partial charge in [-0.2, -0.15) is 11.3 Å². The number of amides is 2. The van der Waals surface area contributed by atoms with Gasteiger partial charge in [-0.05, 0) is 53.6 Å². The van der Waals surface area contributed by atoms with Gasteiger partial charge >= 0.3 is 0 Å². The summed E-state index contributed by atoms with van der Waals surface area (Å²) in [5, 5.41) is 16.6. The lowest BCUT2D eigenvalue weighted by atomic mass is 9.72. The third-order valence-electron chi connectivity index (χ3n) is 5.88. The van der Waals surface area contributed by atoms with E-state index in [1.807, 2.05) is 4.90 Å². The lowest BCUT2D eigenvalue weighted by Gasteiger charge is -2.37. The molecule has 1 aromatic rings. The fourth-order valence-corrected chi connectivity index (χ4v) is 4.89. The number of carbonyl (C=O) groups excluding carboxylic acids is 2. The van der Waals surface area contributed by atoms with Crippen LogP contribution in [0.4, 0.5) is 0 Å². The second kappa shape index (κ2) is 6.55. The Morgan fingerprint density at radius 1 is 1.40 bits per heavy atom. The zero-order valence-electron chi connectivity index (χ0n) is 14.0. The third kappa shape index (κ3) is 3.23. The van der Waals surface area contributed by atoms with Gasteiger partial charge in [0.2, 0.25) is 11.8 Å². The summed E-state index contributed by atoms with van der Waals surface area (Å²) in [6, 6.07) is 2.11. The first-order valence-corrected chi connectivity index (χ1v) is 9.75. The number of rotatable bonds is 3. The van der Waals surface area contributed by atoms with Crippen LogP contribution in [0.3, 0.4) is 0 Å². The maximum absolute atomic E-state index is 13.0. The van der Waals surface area contributed by atoms with Crippen molar-refractivity contribution in [2.75, 3.05) is 19.6 Å². The molecule has 134 valence electrons. The number of hydrogen-bond acceptors (Lipinski definition) is 5. The molecule has 3 atom stereocenters. The number of carbonyl (C=O) groups is 2. The lowest BCUT2D eigenvalue weighted by Crippen LogP contribution is -2.49. The van der Waals surface area contributed by atoms with Crippen LogP contribution in [0.5, 0.6) is 0 Å². The average molecular weight is 361 g/mol. The van der Waals surface area contributed by atoms with Gasteiger partial charge in [0.15, 0.2) is 0 Å². The Bertz CT molecular complexity index is 696. The lowest BCUT2D eigenvalue weighted by molar-refractivity contribution is -0.147. The maximum Gasteiger partial charge on any atom is 0.247 e. The fourth-order valence-electron chi connectivity index (χ4n) is 4.21. The summed E-state index contributed by atoms with van der Waals surface area (Å²) >= 11 is 1.68. The van der Waals surface area contributed by atoms with Crippen molar-refractivity contribution in [3.05, 3.63) is 28.5 Å². The highest BCUT2D eigenvalue weighted by Gasteiger charge is 2.52. The van der Waals surface area contributed by atoms with Gasteiger partial charge in [0.25, 0.3) is 0 Å². The zero-order valence-corrected chi connectivity index (χ0v) is 14.8. The van der Waals surface area contributed by atoms with Crippen LogP contribution < -0.4 is 10.8 Å². The minimum absolute atomic E-state index is 0.0158. The van der Waals surface area contributed by atoms with Crippen molar-refractivity contribution in [3.63, 3.8) is 0 Å². The van der Waals surface area contributed by atoms with Crippen molar-refractivity contribution in [1.82, 2.24) is 15.7 Å². The van der Waals surface area contributed by atoms with E-state index in [0.717, 1.165) is 19.4 Å². The summed E-state index contributed by atoms with van der Waals surface area (Å²) in [6.45, 7) is 2.19. The van der Waals surface area contributed by atoms with E-state index >= 15 is 0 Å². The highest BCUT2D eigenvalue weighted by molar-refractivity contribution is 7.08. The molecule has 0 aromatic carbocycles. The molecule has 0 bridgehead atoms. The summed E-state index contributed by atoms with van der Waals surface area (Å²) in [6.07, 6.45) is 5.21. The number of thiophene rings is 1. The molecule has 1 saturated carbocycles. The van der Waals surface area contributed by atoms with Crippen molar-refractivity contribution < 1.29 is 14.8 Å². The van der Waals surface area contributed by atoms with Gasteiger partial charge in [0.05, 0.1) is 5.92 Å². The Kier molecular flexibility index (Phi) is 4.39. The topological polar surface area (TPSA) is 91.6 Å². The Morgan fingerprint density at radius 2 is 2.24 bits per heavy atom. The molecule has 2 amide bonds. The van der Waals surface area contributed by atoms with Gasteiger partial charge in [0.1, 0.15) is 0 Å². The standard InChI is InChI=1S/C18H23N3O3S/c22-16(20-24)15-9-18(11-19-18)5-1-14(15)17(23)21-6-2-12(3-7-21)13-4-8-25-10-13/h2,4,8,10,14-15,19,24H,1,3,5-7,9,11H2,(H,20,22)/t14-,15-,18?/m0/s1. The normalized spacial score (nSPS) is 31.6. The molecule has 1 unspecified atom stereocenters. The van der Waals surface area contributed by atoms with E-state index in [2.05, 4.69) is 28.2 Å². The molecule has 2 fully saturated rings. The Labute approximate surface area is 150 Å². The predicted molar refractivity (Wildman–Crippen MR) is 95.0 cm³/mol. The van der Waals surface area contributed by atoms with E-state index in [-0.39, 0.29) is 17.4 Å². The van der Waals surface area contributed by atoms with Crippen molar-refractivity contribution in [1.29, 1.82) is 0 Å². The summed E-state index contributed by atoms with van der Waals surface area (Å²) < 4.78 is 0. The zero-order chi connectivity index (χ0) is 17.4. The summed E-state index contributed by atoms with van der Waals surface area (Å²) in [4.78, 5) is 27.0. The van der Waals surface area contributed by atoms with Crippen LogP contribution in [0.25, 0.3) is 5.57 Å². The minimum Gasteiger partial charge on any atom is -0.338 e. The molecule has 1 saturated heterocycles. The second-order valence-corrected chi connectivity index (χ2v) is 8.12. The van der Waals surface area contributed by atoms with E-state index in [1.165, 1.54) is 11.1 Å². The van der Waals surface area contributed by atoms with Gasteiger partial charge in [-0.15, -0.1) is 0 Å². The molecule has 3 heterocycles. The minimum atomic E-state index is -0.455. The molecule has 25 heavy (non-hydrogen) atoms. The van der Waals surface area contributed by atoms with Crippen LogP contribution in [0.15, 0.2) is 22.9 Å². The smallest absolute Gasteiger partial charge is 0.247 e. The van der Waals surface area contributed by atoms with Crippen molar-refractivity contribution in [2.45, 2.75) is 31.2 Å². The average Bonchev–Trinajstić information content (AvgIpc) is 3.18. The van der Waals surface area contributed by atoms with Crippen molar-refractivity contribution >= 4 is 28.7 Å². The Hall–Kier alpha value is -1.70. The number of nitrogens with zero attached hydrogens (tertiary/aromatic N) is 1. The van der Waals surface area contributed by atoms with E-state index in [4.69, 9.17) is 5.21 Å². The van der Waals surface area contributed by atoms with E-state index in [0.29, 0.717) is 25.9 Å². The van der Waals surface area contributed by atoms with Gasteiger partial charge in [0, 0.05) is 31.1 Å². The molecule has 3 N–H and O–H groups in total. The Balaban J connectivity index is 1.45. The first-order chi connectivity index (χ1) is 12.1. The highest BCUT2D eigenvalue weighted by atomic mass is 32.1. The SMILES string of the molecule is O=C(NO)[C@H]1CC2(CC[C@@H]1C(=O)N1CC=C(c3ccsc3)CC1)CN2. The molecule has 4 rings (SSSR count). The number of hydroxylamine groups is 1. The molecule has 2 aliphatic heterocycles. The molecule has 3 aliphatic rings. The quantitative estimate of drug-likeness (QED) is 0.433. The van der Waals surface area contributed by atoms with E-state index < -0.39 is 11.8 Å². The van der Waals surface area contributed by atoms with Crippen molar-refractivity contribution in [2.24, 2.45) is 11.8 Å². The van der Waals surface area contributed by atoms with Crippen LogP contribution in [0, 0.1) is 11.8 Å². The van der Waals surface area contributed by atoms with E-state index in [1.54, 1.807) is 16.8 Å². The highest BCUT2D eigenvalue weighted by Crippen LogP contribution is 2.42. The molecule has 1 spiro atoms. The monoisotopic (exact) mass is 361 g/mol. The second-order valence-electron chi connectivity index (χ2n) is 7.34. The Morgan fingerprint density at radius 3 is 2.84 bits per heavy atom. The summed E-state index contributed by atoms with van der Waals surface area (Å²) in [7, 11) is 0. The van der Waals surface area contributed by atoms with Crippen LogP contribution in [0.2, 0.25) is 0 Å². The first kappa shape index (κ1) is 16.8. The van der Waals surface area contributed by atoms with Gasteiger partial charge in [-0.3, -0.25) is 14.8 Å². The van der Waals surface area contributed by atoms with E-state index in [9.17, 15) is 9.59 Å². The molecule has 1 aliphatic carbocycles. The summed E-state index contributed by atoms with van der Waals surface area (Å²) in [5.74, 6) is -1.18. The van der Waals surface area contributed by atoms with Gasteiger partial charge in [-0.1, -0.05) is 6.08 Å². The molecular weight excluding hydrogens is 338 g/mol. The third-order valence-corrected chi connectivity index (χ3v) is 6.57. The summed E-state index contributed by atoms with van der Waals surface area (Å²) in [5.41, 5.74) is 4.32. The molecule has 1 aromatic heterocycles. The molecule has 7 heteroatoms. The van der Waals surface area contributed by atoms with Crippen LogP contribution in [-0.4, -0.2) is 47.1 Å². The fraction of sp³-hybridized carbons (Fsp3) is 0.556. The van der Waals surface area contributed by atoms with Crippen molar-refractivity contribution in [3.8, 4) is 0 Å². The number of nitrogens with one attached hydrogen (secondary N) is 2. The molecular formula is C18H23N3O3S. The predicted octanol–water partition coefficient (Wildman–Crippen LogP) is 1.63. The van der Waals surface area contributed by atoms with Crippen LogP contribution in [0.1, 0.15) is 31.2 Å². The van der Waals surface area contributed by atoms with Gasteiger partial charge in [-0.25, -0.2) is 5.48 Å². The molecule has 0 radical (unpaired) electrons. The number of hydrogen-bond donors (Lipinski definition) is 3. The van der Waals surface area contributed by atoms with Crippen LogP contribution >= 0.6 is 11.3 Å². The largest absolute Gasteiger partial charge is 0.338 e. The van der Waals surface area contributed by atoms with Crippen LogP contribution in [-0.2, 0) is 9.59 Å².